The zero-order chi connectivity index (χ0) is 23.8. The second-order valence-corrected chi connectivity index (χ2v) is 9.12. The maximum atomic E-state index is 13.6. The second-order valence-electron chi connectivity index (χ2n) is 9.12. The molecule has 3 aliphatic heterocycles. The van der Waals surface area contributed by atoms with Crippen molar-refractivity contribution in [3.63, 3.8) is 0 Å². The number of hydrogen-bond donors (Lipinski definition) is 1. The Morgan fingerprint density at radius 2 is 1.82 bits per heavy atom. The summed E-state index contributed by atoms with van der Waals surface area (Å²) in [4.78, 5) is 43.2. The number of fused-ring (bicyclic) bond motifs is 4. The summed E-state index contributed by atoms with van der Waals surface area (Å²) < 4.78 is 7.08. The Morgan fingerprint density at radius 3 is 2.50 bits per heavy atom. The summed E-state index contributed by atoms with van der Waals surface area (Å²) >= 11 is 0. The second kappa shape index (κ2) is 9.19. The third kappa shape index (κ3) is 3.76. The fourth-order valence-electron chi connectivity index (χ4n) is 5.71. The highest BCUT2D eigenvalue weighted by atomic mass is 16.5. The van der Waals surface area contributed by atoms with Crippen molar-refractivity contribution in [2.45, 2.75) is 25.6 Å². The number of amides is 2. The first-order valence-electron chi connectivity index (χ1n) is 11.7. The zero-order valence-corrected chi connectivity index (χ0v) is 19.2. The van der Waals surface area contributed by atoms with Crippen LogP contribution in [0.15, 0.2) is 47.3 Å². The van der Waals surface area contributed by atoms with Gasteiger partial charge in [-0.2, -0.15) is 0 Å². The van der Waals surface area contributed by atoms with Gasteiger partial charge in [-0.25, -0.2) is 0 Å². The van der Waals surface area contributed by atoms with Crippen molar-refractivity contribution in [2.75, 3.05) is 32.9 Å². The number of ether oxygens (including phenoxy) is 1. The first-order valence-corrected chi connectivity index (χ1v) is 11.7. The molecule has 2 aromatic rings. The van der Waals surface area contributed by atoms with Gasteiger partial charge in [0.15, 0.2) is 0 Å². The number of carbonyl (C=O) groups is 2. The Hall–Kier alpha value is -3.23. The topological polar surface area (TPSA) is 92.1 Å². The van der Waals surface area contributed by atoms with Crippen LogP contribution in [0.3, 0.4) is 0 Å². The summed E-state index contributed by atoms with van der Waals surface area (Å²) in [7, 11) is 0. The number of carbonyl (C=O) groups excluding carboxylic acids is 2. The Bertz CT molecular complexity index is 1170. The van der Waals surface area contributed by atoms with E-state index in [4.69, 9.17) is 4.74 Å². The van der Waals surface area contributed by atoms with Gasteiger partial charge in [0, 0.05) is 50.3 Å². The number of morpholine rings is 1. The Morgan fingerprint density at radius 1 is 1.09 bits per heavy atom. The van der Waals surface area contributed by atoms with Crippen LogP contribution in [0.2, 0.25) is 0 Å². The van der Waals surface area contributed by atoms with Crippen molar-refractivity contribution >= 4 is 24.0 Å². The zero-order valence-electron chi connectivity index (χ0n) is 19.2. The minimum atomic E-state index is -0.601. The highest BCUT2D eigenvalue weighted by Gasteiger charge is 2.57. The molecule has 2 fully saturated rings. The molecule has 8 nitrogen and oxygen atoms in total. The molecule has 0 saturated carbocycles. The lowest BCUT2D eigenvalue weighted by Gasteiger charge is -2.38. The normalized spacial score (nSPS) is 26.1. The Labute approximate surface area is 198 Å². The lowest BCUT2D eigenvalue weighted by Crippen LogP contribution is -2.49. The molecule has 4 atom stereocenters. The van der Waals surface area contributed by atoms with Crippen LogP contribution in [-0.2, 0) is 20.9 Å². The monoisotopic (exact) mass is 463 g/mol. The van der Waals surface area contributed by atoms with E-state index in [1.807, 2.05) is 42.5 Å². The van der Waals surface area contributed by atoms with Crippen LogP contribution in [0.1, 0.15) is 29.8 Å². The number of aliphatic hydroxyl groups is 1. The van der Waals surface area contributed by atoms with Gasteiger partial charge in [0.2, 0.25) is 11.8 Å². The van der Waals surface area contributed by atoms with Crippen molar-refractivity contribution in [3.8, 4) is 0 Å². The lowest BCUT2D eigenvalue weighted by molar-refractivity contribution is -0.143. The van der Waals surface area contributed by atoms with Crippen LogP contribution in [0, 0.1) is 11.8 Å². The van der Waals surface area contributed by atoms with E-state index in [0.29, 0.717) is 37.6 Å². The van der Waals surface area contributed by atoms with E-state index in [2.05, 4.69) is 0 Å². The van der Waals surface area contributed by atoms with Gasteiger partial charge >= 0.3 is 0 Å². The third-order valence-corrected chi connectivity index (χ3v) is 7.30. The van der Waals surface area contributed by atoms with E-state index in [1.54, 1.807) is 26.5 Å². The van der Waals surface area contributed by atoms with Gasteiger partial charge in [0.1, 0.15) is 0 Å². The molecule has 5 rings (SSSR count). The highest BCUT2D eigenvalue weighted by molar-refractivity contribution is 5.84. The van der Waals surface area contributed by atoms with Crippen LogP contribution >= 0.6 is 0 Å². The standard InChI is InChI=1S/C26H29N3O5/c1-17(31)29-22-15-28-21(10-9-19(25(28)32)8-7-18-5-3-2-4-6-18)24(29)23(20(22)16-30)26(33)27-11-13-34-14-12-27/h2-10,20,22-24,30H,11-16H2,1H3/b8-7+/t20-,22-,23+,24+/m0/s1. The van der Waals surface area contributed by atoms with Crippen LogP contribution in [0.4, 0.5) is 0 Å². The van der Waals surface area contributed by atoms with Crippen molar-refractivity contribution in [1.82, 2.24) is 14.4 Å². The fraction of sp³-hybridized carbons (Fsp3) is 0.423. The molecule has 2 bridgehead atoms. The van der Waals surface area contributed by atoms with E-state index in [1.165, 1.54) is 6.92 Å². The largest absolute Gasteiger partial charge is 0.396 e. The average molecular weight is 464 g/mol. The van der Waals surface area contributed by atoms with Crippen LogP contribution < -0.4 is 5.56 Å². The number of nitrogens with zero attached hydrogens (tertiary/aromatic N) is 3. The fourth-order valence-corrected chi connectivity index (χ4v) is 5.71. The number of aromatic nitrogens is 1. The quantitative estimate of drug-likeness (QED) is 0.740. The van der Waals surface area contributed by atoms with Gasteiger partial charge in [-0.15, -0.1) is 0 Å². The molecule has 0 unspecified atom stereocenters. The summed E-state index contributed by atoms with van der Waals surface area (Å²) in [6, 6.07) is 12.4. The molecule has 4 heterocycles. The molecular weight excluding hydrogens is 434 g/mol. The minimum Gasteiger partial charge on any atom is -0.396 e. The van der Waals surface area contributed by atoms with Gasteiger partial charge in [0.25, 0.3) is 5.56 Å². The van der Waals surface area contributed by atoms with Crippen molar-refractivity contribution in [1.29, 1.82) is 0 Å². The predicted molar refractivity (Wildman–Crippen MR) is 127 cm³/mol. The summed E-state index contributed by atoms with van der Waals surface area (Å²) in [6.45, 7) is 3.44. The molecule has 34 heavy (non-hydrogen) atoms. The van der Waals surface area contributed by atoms with Gasteiger partial charge in [0.05, 0.1) is 31.2 Å². The van der Waals surface area contributed by atoms with E-state index in [9.17, 15) is 19.5 Å². The maximum Gasteiger partial charge on any atom is 0.258 e. The van der Waals surface area contributed by atoms with E-state index < -0.39 is 23.9 Å². The van der Waals surface area contributed by atoms with E-state index >= 15 is 0 Å². The average Bonchev–Trinajstić information content (AvgIpc) is 3.11. The minimum absolute atomic E-state index is 0.0879. The number of aliphatic hydroxyl groups excluding tert-OH is 1. The SMILES string of the molecule is CC(=O)N1[C@@H]2c3ccc(/C=C/c4ccccc4)c(=O)n3C[C@H]1[C@H](CO)[C@H]2C(=O)N1CCOCC1. The molecule has 8 heteroatoms. The molecule has 1 aromatic heterocycles. The summed E-state index contributed by atoms with van der Waals surface area (Å²) in [5.74, 6) is -1.28. The van der Waals surface area contributed by atoms with E-state index in [0.717, 1.165) is 5.56 Å². The molecule has 2 saturated heterocycles. The smallest absolute Gasteiger partial charge is 0.258 e. The molecule has 0 aliphatic carbocycles. The van der Waals surface area contributed by atoms with Crippen molar-refractivity contribution in [2.24, 2.45) is 11.8 Å². The van der Waals surface area contributed by atoms with Gasteiger partial charge in [-0.05, 0) is 23.8 Å². The third-order valence-electron chi connectivity index (χ3n) is 7.30. The molecule has 1 N–H and O–H groups in total. The molecule has 2 amide bonds. The van der Waals surface area contributed by atoms with Crippen LogP contribution in [-0.4, -0.2) is 70.2 Å². The molecule has 0 radical (unpaired) electrons. The number of hydrogen-bond acceptors (Lipinski definition) is 5. The van der Waals surface area contributed by atoms with Crippen molar-refractivity contribution in [3.05, 3.63) is 69.6 Å². The molecule has 0 spiro atoms. The van der Waals surface area contributed by atoms with Gasteiger partial charge in [-0.3, -0.25) is 14.4 Å². The Kier molecular flexibility index (Phi) is 6.10. The number of rotatable bonds is 4. The Balaban J connectivity index is 1.55. The lowest BCUT2D eigenvalue weighted by atomic mass is 9.86. The summed E-state index contributed by atoms with van der Waals surface area (Å²) in [6.07, 6.45) is 3.69. The molecule has 1 aromatic carbocycles. The van der Waals surface area contributed by atoms with Crippen LogP contribution in [0.5, 0.6) is 0 Å². The molecule has 3 aliphatic rings. The molecular formula is C26H29N3O5. The summed E-state index contributed by atoms with van der Waals surface area (Å²) in [5, 5.41) is 10.3. The molecule has 178 valence electrons. The van der Waals surface area contributed by atoms with E-state index in [-0.39, 0.29) is 30.5 Å². The highest BCUT2D eigenvalue weighted by Crippen LogP contribution is 2.49. The van der Waals surface area contributed by atoms with Gasteiger partial charge < -0.3 is 24.2 Å². The summed E-state index contributed by atoms with van der Waals surface area (Å²) in [5.41, 5.74) is 2.03. The predicted octanol–water partition coefficient (Wildman–Crippen LogP) is 1.39. The first-order chi connectivity index (χ1) is 16.5. The van der Waals surface area contributed by atoms with Gasteiger partial charge in [-0.1, -0.05) is 36.4 Å². The van der Waals surface area contributed by atoms with Crippen LogP contribution in [0.25, 0.3) is 12.2 Å². The number of benzene rings is 1. The number of pyridine rings is 1. The maximum absolute atomic E-state index is 13.6. The first kappa shape index (κ1) is 22.6. The van der Waals surface area contributed by atoms with Crippen molar-refractivity contribution < 1.29 is 19.4 Å².